The lowest BCUT2D eigenvalue weighted by Gasteiger charge is -2.09. The molecule has 2 heterocycles. The van der Waals surface area contributed by atoms with E-state index in [4.69, 9.17) is 0 Å². The molecule has 2 fully saturated rings. The third kappa shape index (κ3) is 4.22. The van der Waals surface area contributed by atoms with Crippen molar-refractivity contribution in [1.29, 1.82) is 0 Å². The zero-order chi connectivity index (χ0) is 14.5. The molecule has 0 aromatic carbocycles. The van der Waals surface area contributed by atoms with Gasteiger partial charge >= 0.3 is 0 Å². The maximum Gasteiger partial charge on any atom is 0.233 e. The van der Waals surface area contributed by atoms with Gasteiger partial charge in [-0.05, 0) is 25.2 Å². The van der Waals surface area contributed by atoms with E-state index in [2.05, 4.69) is 20.5 Å². The minimum atomic E-state index is -0.0361. The van der Waals surface area contributed by atoms with Crippen LogP contribution in [0.3, 0.4) is 0 Å². The van der Waals surface area contributed by atoms with Crippen molar-refractivity contribution >= 4 is 17.7 Å². The molecule has 3 rings (SSSR count). The first kappa shape index (κ1) is 14.9. The van der Waals surface area contributed by atoms with E-state index in [1.807, 2.05) is 0 Å². The number of carbonyl (C=O) groups excluding carboxylic acids is 1. The van der Waals surface area contributed by atoms with E-state index in [1.165, 1.54) is 43.9 Å². The molecular weight excluding hydrogens is 284 g/mol. The molecular formula is C15H24N4OS. The summed E-state index contributed by atoms with van der Waals surface area (Å²) in [6.45, 7) is 0.802. The van der Waals surface area contributed by atoms with Gasteiger partial charge in [-0.1, -0.05) is 43.9 Å². The monoisotopic (exact) mass is 308 g/mol. The van der Waals surface area contributed by atoms with E-state index in [1.54, 1.807) is 0 Å². The maximum absolute atomic E-state index is 11.9. The van der Waals surface area contributed by atoms with Gasteiger partial charge in [0.05, 0.1) is 5.25 Å². The van der Waals surface area contributed by atoms with Crippen LogP contribution in [-0.2, 0) is 11.2 Å². The molecule has 1 unspecified atom stereocenters. The second-order valence-electron chi connectivity index (χ2n) is 6.15. The van der Waals surface area contributed by atoms with Crippen molar-refractivity contribution in [1.82, 2.24) is 20.5 Å². The second-order valence-corrected chi connectivity index (χ2v) is 7.32. The van der Waals surface area contributed by atoms with Gasteiger partial charge < -0.3 is 5.32 Å². The first-order valence-corrected chi connectivity index (χ1v) is 9.05. The molecule has 0 radical (unpaired) electrons. The summed E-state index contributed by atoms with van der Waals surface area (Å²) < 4.78 is 0. The van der Waals surface area contributed by atoms with Crippen LogP contribution in [0.4, 0.5) is 0 Å². The van der Waals surface area contributed by atoms with Gasteiger partial charge in [0.25, 0.3) is 0 Å². The molecule has 5 nitrogen and oxygen atoms in total. The fourth-order valence-electron chi connectivity index (χ4n) is 3.23. The Morgan fingerprint density at radius 1 is 1.14 bits per heavy atom. The van der Waals surface area contributed by atoms with Crippen molar-refractivity contribution < 1.29 is 4.79 Å². The van der Waals surface area contributed by atoms with Gasteiger partial charge in [0.1, 0.15) is 5.82 Å². The zero-order valence-corrected chi connectivity index (χ0v) is 13.3. The van der Waals surface area contributed by atoms with Crippen LogP contribution in [0.25, 0.3) is 0 Å². The van der Waals surface area contributed by atoms with Crippen LogP contribution in [-0.4, -0.2) is 32.9 Å². The maximum atomic E-state index is 11.9. The number of rotatable bonds is 5. The smallest absolute Gasteiger partial charge is 0.233 e. The fraction of sp³-hybridized carbons (Fsp3) is 0.800. The first-order valence-electron chi connectivity index (χ1n) is 8.17. The molecule has 0 bridgehead atoms. The minimum Gasteiger partial charge on any atom is -0.355 e. The second kappa shape index (κ2) is 7.29. The molecule has 1 aromatic heterocycles. The van der Waals surface area contributed by atoms with Gasteiger partial charge in [-0.2, -0.15) is 0 Å². The quantitative estimate of drug-likeness (QED) is 0.877. The summed E-state index contributed by atoms with van der Waals surface area (Å²) in [6.07, 6.45) is 10.8. The number of hydrogen-bond donors (Lipinski definition) is 2. The number of hydrogen-bond acceptors (Lipinski definition) is 4. The fourth-order valence-corrected chi connectivity index (χ4v) is 4.22. The van der Waals surface area contributed by atoms with E-state index < -0.39 is 0 Å². The van der Waals surface area contributed by atoms with Crippen LogP contribution < -0.4 is 5.32 Å². The van der Waals surface area contributed by atoms with Crippen molar-refractivity contribution in [2.45, 2.75) is 68.2 Å². The van der Waals surface area contributed by atoms with Crippen LogP contribution >= 0.6 is 11.8 Å². The predicted octanol–water partition coefficient (Wildman–Crippen LogP) is 2.69. The first-order chi connectivity index (χ1) is 10.3. The molecule has 1 saturated carbocycles. The molecule has 1 amide bonds. The molecule has 1 aliphatic carbocycles. The Labute approximate surface area is 130 Å². The van der Waals surface area contributed by atoms with Crippen molar-refractivity contribution in [3.63, 3.8) is 0 Å². The number of aromatic nitrogens is 3. The highest BCUT2D eigenvalue weighted by Gasteiger charge is 2.23. The largest absolute Gasteiger partial charge is 0.355 e. The Kier molecular flexibility index (Phi) is 5.17. The normalized spacial score (nSPS) is 24.0. The van der Waals surface area contributed by atoms with Gasteiger partial charge in [-0.25, -0.2) is 4.98 Å². The lowest BCUT2D eigenvalue weighted by Crippen LogP contribution is -2.30. The molecule has 1 atom stereocenters. The molecule has 1 aromatic rings. The Bertz CT molecular complexity index is 470. The highest BCUT2D eigenvalue weighted by atomic mass is 32.2. The number of H-pyrrole nitrogens is 1. The Hall–Kier alpha value is -1.04. The number of aryl methyl sites for hydroxylation is 1. The van der Waals surface area contributed by atoms with Crippen molar-refractivity contribution in [2.75, 3.05) is 6.54 Å². The summed E-state index contributed by atoms with van der Waals surface area (Å²) in [4.78, 5) is 16.5. The number of thioether (sulfide) groups is 1. The Balaban J connectivity index is 1.50. The van der Waals surface area contributed by atoms with E-state index in [0.29, 0.717) is 0 Å². The summed E-state index contributed by atoms with van der Waals surface area (Å²) in [5.74, 6) is 1.98. The van der Waals surface area contributed by atoms with Gasteiger partial charge in [0.2, 0.25) is 11.1 Å². The summed E-state index contributed by atoms with van der Waals surface area (Å²) in [5, 5.41) is 10.9. The number of aromatic amines is 1. The summed E-state index contributed by atoms with van der Waals surface area (Å²) >= 11 is 1.50. The van der Waals surface area contributed by atoms with E-state index in [-0.39, 0.29) is 11.2 Å². The number of nitrogens with zero attached hydrogens (tertiary/aromatic N) is 2. The van der Waals surface area contributed by atoms with Crippen molar-refractivity contribution in [2.24, 2.45) is 5.92 Å². The van der Waals surface area contributed by atoms with E-state index >= 15 is 0 Å². The molecule has 21 heavy (non-hydrogen) atoms. The van der Waals surface area contributed by atoms with Crippen LogP contribution in [0.2, 0.25) is 0 Å². The third-order valence-electron chi connectivity index (χ3n) is 4.51. The average molecular weight is 308 g/mol. The standard InChI is InChI=1S/C15H24N4OS/c20-14-12(7-3-4-10-16-14)21-15-17-13(18-19-15)9-8-11-5-1-2-6-11/h11-12H,1-10H2,(H,16,20)(H,17,18,19). The van der Waals surface area contributed by atoms with Crippen LogP contribution in [0, 0.1) is 5.92 Å². The van der Waals surface area contributed by atoms with Crippen LogP contribution in [0.15, 0.2) is 5.16 Å². The highest BCUT2D eigenvalue weighted by Crippen LogP contribution is 2.29. The lowest BCUT2D eigenvalue weighted by atomic mass is 10.0. The number of amides is 1. The zero-order valence-electron chi connectivity index (χ0n) is 12.4. The molecule has 116 valence electrons. The molecule has 6 heteroatoms. The van der Waals surface area contributed by atoms with Gasteiger partial charge in [0, 0.05) is 13.0 Å². The van der Waals surface area contributed by atoms with Gasteiger partial charge in [-0.15, -0.1) is 5.10 Å². The van der Waals surface area contributed by atoms with Crippen LogP contribution in [0.5, 0.6) is 0 Å². The highest BCUT2D eigenvalue weighted by molar-refractivity contribution is 8.00. The van der Waals surface area contributed by atoms with Crippen molar-refractivity contribution in [3.05, 3.63) is 5.82 Å². The molecule has 2 aliphatic rings. The average Bonchev–Trinajstić information content (AvgIpc) is 3.10. The SMILES string of the molecule is O=C1NCCCCC1Sc1n[nH]c(CCC2CCCC2)n1. The lowest BCUT2D eigenvalue weighted by molar-refractivity contribution is -0.120. The van der Waals surface area contributed by atoms with Crippen molar-refractivity contribution in [3.8, 4) is 0 Å². The van der Waals surface area contributed by atoms with E-state index in [0.717, 1.165) is 49.1 Å². The number of carbonyl (C=O) groups is 1. The summed E-state index contributed by atoms with van der Waals surface area (Å²) in [7, 11) is 0. The van der Waals surface area contributed by atoms with E-state index in [9.17, 15) is 4.79 Å². The molecule has 2 N–H and O–H groups in total. The molecule has 0 spiro atoms. The Morgan fingerprint density at radius 2 is 1.95 bits per heavy atom. The number of nitrogens with one attached hydrogen (secondary N) is 2. The Morgan fingerprint density at radius 3 is 2.81 bits per heavy atom. The topological polar surface area (TPSA) is 70.7 Å². The molecule has 1 aliphatic heterocycles. The predicted molar refractivity (Wildman–Crippen MR) is 83.2 cm³/mol. The third-order valence-corrected chi connectivity index (χ3v) is 5.64. The minimum absolute atomic E-state index is 0.0361. The summed E-state index contributed by atoms with van der Waals surface area (Å²) in [5.41, 5.74) is 0. The van der Waals surface area contributed by atoms with Crippen LogP contribution in [0.1, 0.15) is 57.2 Å². The summed E-state index contributed by atoms with van der Waals surface area (Å²) in [6, 6.07) is 0. The van der Waals surface area contributed by atoms with Gasteiger partial charge in [-0.3, -0.25) is 9.89 Å². The molecule has 1 saturated heterocycles. The van der Waals surface area contributed by atoms with Gasteiger partial charge in [0.15, 0.2) is 0 Å².